The fourth-order valence-corrected chi connectivity index (χ4v) is 4.64. The zero-order valence-corrected chi connectivity index (χ0v) is 18.1. The number of rotatable bonds is 4. The SMILES string of the molecule is Cc1cccc(Nc2cccc([C@]3(C)CC(=O)N(C4CCOCC4)C(N)=N3)c2Cl)c1. The number of aliphatic imine (C=N–C) groups is 1. The Morgan fingerprint density at radius 1 is 1.23 bits per heavy atom. The molecule has 2 aliphatic rings. The zero-order chi connectivity index (χ0) is 21.3. The van der Waals surface area contributed by atoms with Gasteiger partial charge in [-0.3, -0.25) is 9.69 Å². The van der Waals surface area contributed by atoms with Crippen molar-refractivity contribution in [3.05, 3.63) is 58.6 Å². The van der Waals surface area contributed by atoms with Gasteiger partial charge in [-0.2, -0.15) is 0 Å². The maximum absolute atomic E-state index is 13.1. The van der Waals surface area contributed by atoms with E-state index >= 15 is 0 Å². The maximum Gasteiger partial charge on any atom is 0.232 e. The fraction of sp³-hybridized carbons (Fsp3) is 0.391. The number of carbonyl (C=O) groups excluding carboxylic acids is 1. The first kappa shape index (κ1) is 20.7. The summed E-state index contributed by atoms with van der Waals surface area (Å²) < 4.78 is 5.41. The molecule has 1 atom stereocenters. The zero-order valence-electron chi connectivity index (χ0n) is 17.3. The van der Waals surface area contributed by atoms with Crippen molar-refractivity contribution < 1.29 is 9.53 Å². The first-order chi connectivity index (χ1) is 14.4. The van der Waals surface area contributed by atoms with Gasteiger partial charge in [0.15, 0.2) is 5.96 Å². The van der Waals surface area contributed by atoms with E-state index in [0.29, 0.717) is 18.2 Å². The molecule has 0 aliphatic carbocycles. The molecule has 3 N–H and O–H groups in total. The lowest BCUT2D eigenvalue weighted by molar-refractivity contribution is -0.132. The molecule has 1 fully saturated rings. The van der Waals surface area contributed by atoms with Crippen LogP contribution in [0.3, 0.4) is 0 Å². The van der Waals surface area contributed by atoms with Gasteiger partial charge < -0.3 is 15.8 Å². The topological polar surface area (TPSA) is 80.0 Å². The maximum atomic E-state index is 13.1. The molecule has 6 nitrogen and oxygen atoms in total. The van der Waals surface area contributed by atoms with Crippen molar-refractivity contribution in [3.8, 4) is 0 Å². The van der Waals surface area contributed by atoms with Crippen molar-refractivity contribution >= 4 is 34.8 Å². The number of nitrogens with two attached hydrogens (primary N) is 1. The Morgan fingerprint density at radius 2 is 1.97 bits per heavy atom. The van der Waals surface area contributed by atoms with E-state index in [2.05, 4.69) is 11.4 Å². The van der Waals surface area contributed by atoms with Crippen molar-refractivity contribution in [1.82, 2.24) is 4.90 Å². The van der Waals surface area contributed by atoms with Gasteiger partial charge in [0.05, 0.1) is 22.7 Å². The highest BCUT2D eigenvalue weighted by Gasteiger charge is 2.41. The summed E-state index contributed by atoms with van der Waals surface area (Å²) in [6.07, 6.45) is 1.77. The molecule has 0 spiro atoms. The third kappa shape index (κ3) is 4.02. The van der Waals surface area contributed by atoms with Crippen LogP contribution in [0.25, 0.3) is 0 Å². The van der Waals surface area contributed by atoms with Crippen LogP contribution >= 0.6 is 11.6 Å². The average Bonchev–Trinajstić information content (AvgIpc) is 2.70. The van der Waals surface area contributed by atoms with E-state index in [1.165, 1.54) is 0 Å². The first-order valence-electron chi connectivity index (χ1n) is 10.3. The van der Waals surface area contributed by atoms with Crippen LogP contribution in [0.4, 0.5) is 11.4 Å². The minimum atomic E-state index is -0.815. The van der Waals surface area contributed by atoms with E-state index in [-0.39, 0.29) is 24.3 Å². The van der Waals surface area contributed by atoms with Gasteiger partial charge in [0.25, 0.3) is 0 Å². The van der Waals surface area contributed by atoms with Crippen LogP contribution in [-0.2, 0) is 15.1 Å². The number of hydrogen-bond donors (Lipinski definition) is 2. The summed E-state index contributed by atoms with van der Waals surface area (Å²) in [5.74, 6) is 0.235. The number of guanidine groups is 1. The smallest absolute Gasteiger partial charge is 0.232 e. The fourth-order valence-electron chi connectivity index (χ4n) is 4.27. The second kappa shape index (κ2) is 8.28. The van der Waals surface area contributed by atoms with Gasteiger partial charge >= 0.3 is 0 Å². The number of amides is 1. The van der Waals surface area contributed by atoms with Crippen LogP contribution in [0.5, 0.6) is 0 Å². The molecule has 158 valence electrons. The van der Waals surface area contributed by atoms with Gasteiger partial charge in [0.1, 0.15) is 0 Å². The number of nitrogens with zero attached hydrogens (tertiary/aromatic N) is 2. The Morgan fingerprint density at radius 3 is 2.67 bits per heavy atom. The quantitative estimate of drug-likeness (QED) is 0.762. The predicted molar refractivity (Wildman–Crippen MR) is 120 cm³/mol. The number of halogens is 1. The van der Waals surface area contributed by atoms with Crippen LogP contribution in [0, 0.1) is 6.92 Å². The second-order valence-corrected chi connectivity index (χ2v) is 8.57. The number of benzene rings is 2. The van der Waals surface area contributed by atoms with Gasteiger partial charge in [0.2, 0.25) is 5.91 Å². The van der Waals surface area contributed by atoms with E-state index < -0.39 is 5.54 Å². The Kier molecular flexibility index (Phi) is 5.71. The summed E-state index contributed by atoms with van der Waals surface area (Å²) in [5, 5.41) is 3.92. The molecule has 0 bridgehead atoms. The normalized spacial score (nSPS) is 22.7. The lowest BCUT2D eigenvalue weighted by Crippen LogP contribution is -2.55. The molecule has 0 aromatic heterocycles. The molecule has 0 radical (unpaired) electrons. The number of hydrogen-bond acceptors (Lipinski definition) is 5. The molecule has 2 aromatic carbocycles. The van der Waals surface area contributed by atoms with Crippen molar-refractivity contribution in [1.29, 1.82) is 0 Å². The van der Waals surface area contributed by atoms with Crippen molar-refractivity contribution in [3.63, 3.8) is 0 Å². The number of ether oxygens (including phenoxy) is 1. The number of carbonyl (C=O) groups is 1. The van der Waals surface area contributed by atoms with Crippen LogP contribution in [0.2, 0.25) is 5.02 Å². The van der Waals surface area contributed by atoms with Crippen LogP contribution in [-0.4, -0.2) is 36.0 Å². The lowest BCUT2D eigenvalue weighted by Gasteiger charge is -2.40. The predicted octanol–water partition coefficient (Wildman–Crippen LogP) is 4.33. The van der Waals surface area contributed by atoms with Gasteiger partial charge in [-0.05, 0) is 50.5 Å². The molecule has 7 heteroatoms. The third-order valence-corrected chi connectivity index (χ3v) is 6.21. The van der Waals surface area contributed by atoms with E-state index in [0.717, 1.165) is 35.3 Å². The highest BCUT2D eigenvalue weighted by Crippen LogP contribution is 2.41. The highest BCUT2D eigenvalue weighted by molar-refractivity contribution is 6.34. The van der Waals surface area contributed by atoms with Crippen molar-refractivity contribution in [2.75, 3.05) is 18.5 Å². The molecule has 2 aliphatic heterocycles. The van der Waals surface area contributed by atoms with Crippen LogP contribution in [0.1, 0.15) is 37.3 Å². The van der Waals surface area contributed by atoms with E-state index in [9.17, 15) is 4.79 Å². The molecular formula is C23H27ClN4O2. The monoisotopic (exact) mass is 426 g/mol. The summed E-state index contributed by atoms with van der Waals surface area (Å²) in [6, 6.07) is 13.9. The van der Waals surface area contributed by atoms with Gasteiger partial charge in [0, 0.05) is 30.5 Å². The molecule has 4 rings (SSSR count). The van der Waals surface area contributed by atoms with Gasteiger partial charge in [-0.1, -0.05) is 35.9 Å². The van der Waals surface area contributed by atoms with E-state index in [1.54, 1.807) is 4.90 Å². The van der Waals surface area contributed by atoms with Crippen molar-refractivity contribution in [2.24, 2.45) is 10.7 Å². The second-order valence-electron chi connectivity index (χ2n) is 8.19. The number of nitrogens with one attached hydrogen (secondary N) is 1. The Balaban J connectivity index is 1.65. The summed E-state index contributed by atoms with van der Waals surface area (Å²) in [6.45, 7) is 5.23. The Labute approximate surface area is 182 Å². The van der Waals surface area contributed by atoms with E-state index in [1.807, 2.05) is 50.2 Å². The highest BCUT2D eigenvalue weighted by atomic mass is 35.5. The van der Waals surface area contributed by atoms with E-state index in [4.69, 9.17) is 27.1 Å². The summed E-state index contributed by atoms with van der Waals surface area (Å²) in [4.78, 5) is 19.5. The van der Waals surface area contributed by atoms with Crippen molar-refractivity contribution in [2.45, 2.75) is 44.7 Å². The number of anilines is 2. The molecular weight excluding hydrogens is 400 g/mol. The largest absolute Gasteiger partial charge is 0.381 e. The molecule has 0 saturated carbocycles. The van der Waals surface area contributed by atoms with Crippen LogP contribution < -0.4 is 11.1 Å². The Hall–Kier alpha value is -2.57. The summed E-state index contributed by atoms with van der Waals surface area (Å²) >= 11 is 6.79. The van der Waals surface area contributed by atoms with Gasteiger partial charge in [-0.25, -0.2) is 4.99 Å². The minimum Gasteiger partial charge on any atom is -0.381 e. The number of aryl methyl sites for hydroxylation is 1. The lowest BCUT2D eigenvalue weighted by atomic mass is 9.86. The standard InChI is InChI=1S/C23H27ClN4O2/c1-15-5-3-6-16(13-15)26-19-8-4-7-18(21(19)24)23(2)14-20(29)28(22(25)27-23)17-9-11-30-12-10-17/h3-8,13,17,26H,9-12,14H2,1-2H3,(H2,25,27)/t23-/m0/s1. The average molecular weight is 427 g/mol. The molecule has 30 heavy (non-hydrogen) atoms. The third-order valence-electron chi connectivity index (χ3n) is 5.80. The molecule has 1 saturated heterocycles. The molecule has 2 heterocycles. The van der Waals surface area contributed by atoms with Crippen LogP contribution in [0.15, 0.2) is 47.5 Å². The summed E-state index contributed by atoms with van der Waals surface area (Å²) in [5.41, 5.74) is 9.14. The van der Waals surface area contributed by atoms with Gasteiger partial charge in [-0.15, -0.1) is 0 Å². The minimum absolute atomic E-state index is 0.0231. The summed E-state index contributed by atoms with van der Waals surface area (Å²) in [7, 11) is 0. The molecule has 1 amide bonds. The first-order valence-corrected chi connectivity index (χ1v) is 10.6. The Bertz CT molecular complexity index is 987. The molecule has 2 aromatic rings. The molecule has 0 unspecified atom stereocenters.